The minimum absolute atomic E-state index is 0.634. The van der Waals surface area contributed by atoms with Crippen LogP contribution in [0, 0.1) is 0 Å². The molecule has 10 rings (SSSR count). The second-order valence-corrected chi connectivity index (χ2v) is 12.5. The topological polar surface area (TPSA) is 43.6 Å². The maximum atomic E-state index is 5.16. The van der Waals surface area contributed by atoms with Crippen molar-refractivity contribution in [3.63, 3.8) is 0 Å². The lowest BCUT2D eigenvalue weighted by atomic mass is 9.95. The van der Waals surface area contributed by atoms with E-state index in [4.69, 9.17) is 15.0 Å². The average Bonchev–Trinajstić information content (AvgIpc) is 3.52. The fourth-order valence-corrected chi connectivity index (χ4v) is 7.30. The van der Waals surface area contributed by atoms with Crippen molar-refractivity contribution in [3.8, 4) is 39.9 Å². The third kappa shape index (κ3) is 4.49. The molecule has 0 fully saturated rings. The van der Waals surface area contributed by atoms with Gasteiger partial charge in [0.1, 0.15) is 0 Å². The van der Waals surface area contributed by atoms with Crippen LogP contribution in [0.2, 0.25) is 0 Å². The maximum absolute atomic E-state index is 5.16. The summed E-state index contributed by atoms with van der Waals surface area (Å²) in [7, 11) is 0. The van der Waals surface area contributed by atoms with Crippen LogP contribution in [-0.4, -0.2) is 19.5 Å². The van der Waals surface area contributed by atoms with Gasteiger partial charge in [-0.25, -0.2) is 15.0 Å². The molecule has 0 aliphatic carbocycles. The van der Waals surface area contributed by atoms with Crippen LogP contribution in [0.4, 0.5) is 0 Å². The Kier molecular flexibility index (Phi) is 6.15. The van der Waals surface area contributed by atoms with Crippen LogP contribution in [-0.2, 0) is 0 Å². The fourth-order valence-electron chi connectivity index (χ4n) is 7.30. The molecular formula is C45H28N4. The number of para-hydroxylation sites is 2. The van der Waals surface area contributed by atoms with Crippen LogP contribution in [0.3, 0.4) is 0 Å². The van der Waals surface area contributed by atoms with E-state index in [2.05, 4.69) is 156 Å². The van der Waals surface area contributed by atoms with Gasteiger partial charge in [0.25, 0.3) is 0 Å². The molecule has 4 nitrogen and oxygen atoms in total. The van der Waals surface area contributed by atoms with E-state index in [1.807, 2.05) is 18.2 Å². The molecule has 0 unspecified atom stereocenters. The van der Waals surface area contributed by atoms with Gasteiger partial charge in [0.05, 0.1) is 11.0 Å². The molecule has 0 radical (unpaired) electrons. The van der Waals surface area contributed by atoms with Crippen LogP contribution in [0.5, 0.6) is 0 Å². The number of hydrogen-bond acceptors (Lipinski definition) is 3. The Morgan fingerprint density at radius 2 is 0.837 bits per heavy atom. The number of fused-ring (bicyclic) bond motifs is 8. The zero-order valence-electron chi connectivity index (χ0n) is 26.5. The molecular weight excluding hydrogens is 597 g/mol. The summed E-state index contributed by atoms with van der Waals surface area (Å²) in [6, 6.07) is 59.8. The van der Waals surface area contributed by atoms with Crippen LogP contribution < -0.4 is 0 Å². The van der Waals surface area contributed by atoms with Crippen LogP contribution in [0.1, 0.15) is 0 Å². The van der Waals surface area contributed by atoms with Gasteiger partial charge in [-0.15, -0.1) is 0 Å². The monoisotopic (exact) mass is 624 g/mol. The predicted octanol–water partition coefficient (Wildman–Crippen LogP) is 11.4. The highest BCUT2D eigenvalue weighted by atomic mass is 15.0. The molecule has 0 spiro atoms. The molecule has 0 bridgehead atoms. The molecule has 2 aromatic heterocycles. The Balaban J connectivity index is 1.19. The number of nitrogens with zero attached hydrogens (tertiary/aromatic N) is 4. The van der Waals surface area contributed by atoms with Gasteiger partial charge in [-0.05, 0) is 62.6 Å². The highest BCUT2D eigenvalue weighted by Gasteiger charge is 2.16. The molecule has 49 heavy (non-hydrogen) atoms. The smallest absolute Gasteiger partial charge is 0.164 e. The van der Waals surface area contributed by atoms with Crippen molar-refractivity contribution in [2.45, 2.75) is 0 Å². The van der Waals surface area contributed by atoms with E-state index in [1.165, 1.54) is 43.1 Å². The minimum Gasteiger partial charge on any atom is -0.309 e. The van der Waals surface area contributed by atoms with E-state index in [0.29, 0.717) is 17.5 Å². The van der Waals surface area contributed by atoms with Crippen molar-refractivity contribution >= 4 is 54.1 Å². The first-order valence-corrected chi connectivity index (χ1v) is 16.5. The van der Waals surface area contributed by atoms with E-state index in [9.17, 15) is 0 Å². The number of rotatable bonds is 4. The van der Waals surface area contributed by atoms with Gasteiger partial charge >= 0.3 is 0 Å². The number of benzene rings is 8. The first kappa shape index (κ1) is 27.5. The molecule has 228 valence electrons. The molecule has 10 aromatic rings. The second-order valence-electron chi connectivity index (χ2n) is 12.5. The molecule has 0 saturated heterocycles. The summed E-state index contributed by atoms with van der Waals surface area (Å²) in [6.45, 7) is 0. The third-order valence-corrected chi connectivity index (χ3v) is 9.59. The first-order chi connectivity index (χ1) is 24.3. The standard InChI is InChI=1S/C45H28N4/c1-2-12-32(13-3-1)43-46-44(33-14-10-15-35(27-33)49-40-19-8-6-17-37(40)38-18-7-9-20-41(38)49)48-45(47-43)34-26-23-30-22-25-31-24-21-29-11-4-5-16-36(29)42(31)39(30)28-34/h1-28H. The Morgan fingerprint density at radius 3 is 1.55 bits per heavy atom. The zero-order chi connectivity index (χ0) is 32.3. The summed E-state index contributed by atoms with van der Waals surface area (Å²) in [4.78, 5) is 15.3. The predicted molar refractivity (Wildman–Crippen MR) is 203 cm³/mol. The van der Waals surface area contributed by atoms with Gasteiger partial charge in [0.2, 0.25) is 0 Å². The lowest BCUT2D eigenvalue weighted by Gasteiger charge is -2.12. The Morgan fingerprint density at radius 1 is 0.327 bits per heavy atom. The molecule has 0 N–H and O–H groups in total. The summed E-state index contributed by atoms with van der Waals surface area (Å²) >= 11 is 0. The minimum atomic E-state index is 0.634. The molecule has 4 heteroatoms. The van der Waals surface area contributed by atoms with Crippen LogP contribution in [0.25, 0.3) is 94.0 Å². The number of hydrogen-bond donors (Lipinski definition) is 0. The Hall–Kier alpha value is -6.65. The van der Waals surface area contributed by atoms with Crippen molar-refractivity contribution < 1.29 is 0 Å². The largest absolute Gasteiger partial charge is 0.309 e. The highest BCUT2D eigenvalue weighted by Crippen LogP contribution is 2.36. The van der Waals surface area contributed by atoms with Crippen molar-refractivity contribution in [1.29, 1.82) is 0 Å². The molecule has 0 atom stereocenters. The second kappa shape index (κ2) is 11.0. The maximum Gasteiger partial charge on any atom is 0.164 e. The van der Waals surface area contributed by atoms with E-state index in [0.717, 1.165) is 33.4 Å². The van der Waals surface area contributed by atoms with Crippen molar-refractivity contribution in [1.82, 2.24) is 19.5 Å². The molecule has 0 saturated carbocycles. The molecule has 0 amide bonds. The normalized spacial score (nSPS) is 11.7. The lowest BCUT2D eigenvalue weighted by molar-refractivity contribution is 1.07. The SMILES string of the molecule is c1ccc(-c2nc(-c3cccc(-n4c5ccccc5c5ccccc54)c3)nc(-c3ccc4ccc5ccc6ccccc6c5c4c3)n2)cc1. The van der Waals surface area contributed by atoms with E-state index in [1.54, 1.807) is 0 Å². The summed E-state index contributed by atoms with van der Waals surface area (Å²) in [5, 5.41) is 9.76. The zero-order valence-corrected chi connectivity index (χ0v) is 26.5. The highest BCUT2D eigenvalue weighted by molar-refractivity contribution is 6.20. The summed E-state index contributed by atoms with van der Waals surface area (Å²) in [5.41, 5.74) is 6.21. The van der Waals surface area contributed by atoms with Gasteiger partial charge in [-0.3, -0.25) is 0 Å². The van der Waals surface area contributed by atoms with Gasteiger partial charge in [0, 0.05) is 33.2 Å². The Labute approximate surface area is 282 Å². The third-order valence-electron chi connectivity index (χ3n) is 9.59. The van der Waals surface area contributed by atoms with Crippen LogP contribution in [0.15, 0.2) is 170 Å². The van der Waals surface area contributed by atoms with Crippen molar-refractivity contribution in [3.05, 3.63) is 170 Å². The lowest BCUT2D eigenvalue weighted by Crippen LogP contribution is -2.01. The molecule has 0 aliphatic rings. The molecule has 0 aliphatic heterocycles. The van der Waals surface area contributed by atoms with Crippen LogP contribution >= 0.6 is 0 Å². The first-order valence-electron chi connectivity index (χ1n) is 16.5. The average molecular weight is 625 g/mol. The summed E-state index contributed by atoms with van der Waals surface area (Å²) in [6.07, 6.45) is 0. The van der Waals surface area contributed by atoms with Gasteiger partial charge in [-0.2, -0.15) is 0 Å². The Bertz CT molecular complexity index is 2830. The van der Waals surface area contributed by atoms with Crippen molar-refractivity contribution in [2.24, 2.45) is 0 Å². The van der Waals surface area contributed by atoms with E-state index < -0.39 is 0 Å². The van der Waals surface area contributed by atoms with E-state index >= 15 is 0 Å². The quantitative estimate of drug-likeness (QED) is 0.183. The summed E-state index contributed by atoms with van der Waals surface area (Å²) < 4.78 is 2.33. The summed E-state index contributed by atoms with van der Waals surface area (Å²) in [5.74, 6) is 1.92. The van der Waals surface area contributed by atoms with E-state index in [-0.39, 0.29) is 0 Å². The molecule has 8 aromatic carbocycles. The van der Waals surface area contributed by atoms with Crippen molar-refractivity contribution in [2.75, 3.05) is 0 Å². The molecule has 2 heterocycles. The number of aromatic nitrogens is 4. The fraction of sp³-hybridized carbons (Fsp3) is 0. The van der Waals surface area contributed by atoms with Gasteiger partial charge < -0.3 is 4.57 Å². The van der Waals surface area contributed by atoms with Gasteiger partial charge in [0.15, 0.2) is 17.5 Å². The van der Waals surface area contributed by atoms with Gasteiger partial charge in [-0.1, -0.05) is 140 Å².